The molecule has 0 bridgehead atoms. The normalized spacial score (nSPS) is 22.9. The van der Waals surface area contributed by atoms with E-state index >= 15 is 0 Å². The van der Waals surface area contributed by atoms with Crippen molar-refractivity contribution in [3.8, 4) is 0 Å². The average molecular weight is 186 g/mol. The summed E-state index contributed by atoms with van der Waals surface area (Å²) in [6, 6.07) is -0.334. The summed E-state index contributed by atoms with van der Waals surface area (Å²) in [6.45, 7) is 8.69. The number of carbonyl (C=O) groups is 1. The second kappa shape index (κ2) is 4.58. The lowest BCUT2D eigenvalue weighted by Gasteiger charge is -2.35. The summed E-state index contributed by atoms with van der Waals surface area (Å²) >= 11 is 0. The van der Waals surface area contributed by atoms with Crippen molar-refractivity contribution in [1.29, 1.82) is 0 Å². The first kappa shape index (κ1) is 10.5. The van der Waals surface area contributed by atoms with Crippen molar-refractivity contribution in [3.63, 3.8) is 0 Å². The van der Waals surface area contributed by atoms with Crippen molar-refractivity contribution in [2.45, 2.75) is 19.9 Å². The summed E-state index contributed by atoms with van der Waals surface area (Å²) in [6.07, 6.45) is 0. The van der Waals surface area contributed by atoms with Crippen molar-refractivity contribution in [3.05, 3.63) is 0 Å². The maximum absolute atomic E-state index is 10.7. The Labute approximate surface area is 79.1 Å². The monoisotopic (exact) mass is 186 g/mol. The number of likely N-dealkylation sites (N-methyl/N-ethyl adjacent to an activating group) is 1. The van der Waals surface area contributed by atoms with Crippen LogP contribution in [0.5, 0.6) is 0 Å². The van der Waals surface area contributed by atoms with Gasteiger partial charge in [-0.05, 0) is 13.5 Å². The van der Waals surface area contributed by atoms with Crippen molar-refractivity contribution in [2.24, 2.45) is 0 Å². The van der Waals surface area contributed by atoms with Gasteiger partial charge in [0, 0.05) is 26.2 Å². The molecule has 1 heterocycles. The second-order valence-corrected chi connectivity index (χ2v) is 3.48. The van der Waals surface area contributed by atoms with Crippen LogP contribution in [0, 0.1) is 0 Å². The summed E-state index contributed by atoms with van der Waals surface area (Å²) in [7, 11) is 0. The zero-order chi connectivity index (χ0) is 9.84. The lowest BCUT2D eigenvalue weighted by Crippen LogP contribution is -2.51. The van der Waals surface area contributed by atoms with Gasteiger partial charge in [-0.1, -0.05) is 6.92 Å². The van der Waals surface area contributed by atoms with Gasteiger partial charge in [0.2, 0.25) is 0 Å². The molecule has 13 heavy (non-hydrogen) atoms. The van der Waals surface area contributed by atoms with Gasteiger partial charge in [0.15, 0.2) is 0 Å². The molecule has 0 unspecified atom stereocenters. The lowest BCUT2D eigenvalue weighted by molar-refractivity contribution is -0.143. The van der Waals surface area contributed by atoms with E-state index in [2.05, 4.69) is 11.8 Å². The van der Waals surface area contributed by atoms with Gasteiger partial charge in [-0.3, -0.25) is 9.69 Å². The molecule has 0 aromatic heterocycles. The summed E-state index contributed by atoms with van der Waals surface area (Å²) in [5.41, 5.74) is 0. The van der Waals surface area contributed by atoms with Crippen LogP contribution in [-0.4, -0.2) is 59.6 Å². The van der Waals surface area contributed by atoms with Gasteiger partial charge in [-0.15, -0.1) is 0 Å². The summed E-state index contributed by atoms with van der Waals surface area (Å²) < 4.78 is 0. The zero-order valence-corrected chi connectivity index (χ0v) is 8.36. The highest BCUT2D eigenvalue weighted by Crippen LogP contribution is 2.05. The number of aliphatic carboxylic acids is 1. The highest BCUT2D eigenvalue weighted by molar-refractivity contribution is 5.72. The van der Waals surface area contributed by atoms with Crippen molar-refractivity contribution in [2.75, 3.05) is 32.7 Å². The third-order valence-corrected chi connectivity index (χ3v) is 2.76. The summed E-state index contributed by atoms with van der Waals surface area (Å²) in [4.78, 5) is 15.1. The van der Waals surface area contributed by atoms with Gasteiger partial charge in [-0.2, -0.15) is 0 Å². The van der Waals surface area contributed by atoms with E-state index < -0.39 is 5.97 Å². The van der Waals surface area contributed by atoms with Crippen LogP contribution in [-0.2, 0) is 4.79 Å². The fourth-order valence-corrected chi connectivity index (χ4v) is 1.62. The molecule has 1 atom stereocenters. The molecule has 4 heteroatoms. The highest BCUT2D eigenvalue weighted by Gasteiger charge is 2.24. The quantitative estimate of drug-likeness (QED) is 0.679. The SMILES string of the molecule is CCN1CCN([C@@H](C)C(=O)O)CC1. The Morgan fingerprint density at radius 1 is 1.38 bits per heavy atom. The molecule has 0 radical (unpaired) electrons. The maximum atomic E-state index is 10.7. The highest BCUT2D eigenvalue weighted by atomic mass is 16.4. The third kappa shape index (κ3) is 2.67. The minimum absolute atomic E-state index is 0.334. The van der Waals surface area contributed by atoms with Gasteiger partial charge >= 0.3 is 5.97 Å². The van der Waals surface area contributed by atoms with Crippen molar-refractivity contribution >= 4 is 5.97 Å². The van der Waals surface area contributed by atoms with Gasteiger partial charge in [0.05, 0.1) is 0 Å². The lowest BCUT2D eigenvalue weighted by atomic mass is 10.2. The summed E-state index contributed by atoms with van der Waals surface area (Å²) in [5.74, 6) is -0.718. The van der Waals surface area contributed by atoms with E-state index in [9.17, 15) is 4.79 Å². The van der Waals surface area contributed by atoms with Crippen LogP contribution < -0.4 is 0 Å². The van der Waals surface area contributed by atoms with Crippen LogP contribution in [0.4, 0.5) is 0 Å². The fourth-order valence-electron chi connectivity index (χ4n) is 1.62. The van der Waals surface area contributed by atoms with Crippen molar-refractivity contribution in [1.82, 2.24) is 9.80 Å². The molecule has 0 aromatic rings. The van der Waals surface area contributed by atoms with Crippen LogP contribution in [0.25, 0.3) is 0 Å². The van der Waals surface area contributed by atoms with E-state index in [0.29, 0.717) is 0 Å². The third-order valence-electron chi connectivity index (χ3n) is 2.76. The molecule has 76 valence electrons. The number of nitrogens with zero attached hydrogens (tertiary/aromatic N) is 2. The molecular formula is C9H18N2O2. The molecule has 1 aliphatic heterocycles. The van der Waals surface area contributed by atoms with Crippen LogP contribution in [0.2, 0.25) is 0 Å². The minimum Gasteiger partial charge on any atom is -0.480 e. The Balaban J connectivity index is 2.36. The molecule has 1 rings (SSSR count). The van der Waals surface area contributed by atoms with E-state index in [-0.39, 0.29) is 6.04 Å². The van der Waals surface area contributed by atoms with Crippen LogP contribution in [0.1, 0.15) is 13.8 Å². The molecule has 0 spiro atoms. The summed E-state index contributed by atoms with van der Waals surface area (Å²) in [5, 5.41) is 8.80. The zero-order valence-electron chi connectivity index (χ0n) is 8.36. The van der Waals surface area contributed by atoms with E-state index in [1.165, 1.54) is 0 Å². The number of rotatable bonds is 3. The smallest absolute Gasteiger partial charge is 0.320 e. The van der Waals surface area contributed by atoms with E-state index in [0.717, 1.165) is 32.7 Å². The van der Waals surface area contributed by atoms with Crippen LogP contribution >= 0.6 is 0 Å². The largest absolute Gasteiger partial charge is 0.480 e. The molecule has 0 aliphatic carbocycles. The first-order valence-electron chi connectivity index (χ1n) is 4.84. The fraction of sp³-hybridized carbons (Fsp3) is 0.889. The van der Waals surface area contributed by atoms with Crippen LogP contribution in [0.3, 0.4) is 0 Å². The Kier molecular flexibility index (Phi) is 3.69. The molecule has 1 aliphatic rings. The first-order chi connectivity index (χ1) is 6.15. The van der Waals surface area contributed by atoms with E-state index in [1.54, 1.807) is 6.92 Å². The number of carboxylic acid groups (broad SMARTS) is 1. The van der Waals surface area contributed by atoms with Gasteiger partial charge in [-0.25, -0.2) is 0 Å². The molecule has 1 fully saturated rings. The standard InChI is InChI=1S/C9H18N2O2/c1-3-10-4-6-11(7-5-10)8(2)9(12)13/h8H,3-7H2,1-2H3,(H,12,13)/t8-/m0/s1. The number of hydrogen-bond donors (Lipinski definition) is 1. The minimum atomic E-state index is -0.718. The Hall–Kier alpha value is -0.610. The topological polar surface area (TPSA) is 43.8 Å². The number of hydrogen-bond acceptors (Lipinski definition) is 3. The Morgan fingerprint density at radius 2 is 1.92 bits per heavy atom. The molecular weight excluding hydrogens is 168 g/mol. The molecule has 4 nitrogen and oxygen atoms in total. The Morgan fingerprint density at radius 3 is 2.31 bits per heavy atom. The first-order valence-corrected chi connectivity index (χ1v) is 4.84. The molecule has 0 amide bonds. The maximum Gasteiger partial charge on any atom is 0.320 e. The van der Waals surface area contributed by atoms with Gasteiger partial charge in [0.1, 0.15) is 6.04 Å². The Bertz CT molecular complexity index is 176. The molecule has 0 saturated carbocycles. The number of carboxylic acids is 1. The average Bonchev–Trinajstić information content (AvgIpc) is 2.17. The molecule has 1 N–H and O–H groups in total. The predicted octanol–water partition coefficient (Wildman–Crippen LogP) is 0.0970. The number of piperazine rings is 1. The molecule has 0 aromatic carbocycles. The predicted molar refractivity (Wildman–Crippen MR) is 50.8 cm³/mol. The van der Waals surface area contributed by atoms with Gasteiger partial charge < -0.3 is 10.0 Å². The van der Waals surface area contributed by atoms with E-state index in [4.69, 9.17) is 5.11 Å². The molecule has 1 saturated heterocycles. The van der Waals surface area contributed by atoms with Gasteiger partial charge in [0.25, 0.3) is 0 Å². The van der Waals surface area contributed by atoms with E-state index in [1.807, 2.05) is 4.90 Å². The van der Waals surface area contributed by atoms with Crippen molar-refractivity contribution < 1.29 is 9.90 Å². The second-order valence-electron chi connectivity index (χ2n) is 3.48. The van der Waals surface area contributed by atoms with Crippen LogP contribution in [0.15, 0.2) is 0 Å².